The van der Waals surface area contributed by atoms with Crippen LogP contribution >= 0.6 is 0 Å². The monoisotopic (exact) mass is 934 g/mol. The van der Waals surface area contributed by atoms with E-state index in [9.17, 15) is 38.4 Å². The molecule has 0 radical (unpaired) electrons. The quantitative estimate of drug-likeness (QED) is 0.0119. The maximum absolute atomic E-state index is 14.3. The fourth-order valence-corrected chi connectivity index (χ4v) is 6.96. The molecule has 8 amide bonds. The minimum absolute atomic E-state index is 0.00786. The molecule has 7 atom stereocenters. The predicted octanol–water partition coefficient (Wildman–Crippen LogP) is -4.32. The molecular formula is C40H71N17O9. The molecule has 66 heavy (non-hydrogen) atoms. The van der Waals surface area contributed by atoms with Gasteiger partial charge in [-0.25, -0.2) is 10.5 Å². The van der Waals surface area contributed by atoms with Crippen LogP contribution in [-0.4, -0.2) is 148 Å². The summed E-state index contributed by atoms with van der Waals surface area (Å²) in [5, 5.41) is 24.7. The second-order valence-electron chi connectivity index (χ2n) is 16.5. The summed E-state index contributed by atoms with van der Waals surface area (Å²) in [4.78, 5) is 124. The number of amides is 8. The van der Waals surface area contributed by atoms with Gasteiger partial charge in [-0.15, -0.1) is 0 Å². The number of nitrogens with one attached hydrogen (secondary N) is 8. The van der Waals surface area contributed by atoms with Crippen LogP contribution in [0.4, 0.5) is 0 Å². The van der Waals surface area contributed by atoms with E-state index in [0.717, 1.165) is 0 Å². The predicted molar refractivity (Wildman–Crippen MR) is 242 cm³/mol. The van der Waals surface area contributed by atoms with Crippen molar-refractivity contribution in [3.63, 3.8) is 0 Å². The molecule has 19 N–H and O–H groups in total. The number of hydrogen-bond donors (Lipinski definition) is 14. The maximum Gasteiger partial charge on any atom is 0.262 e. The lowest BCUT2D eigenvalue weighted by molar-refractivity contribution is -0.142. The zero-order valence-corrected chi connectivity index (χ0v) is 38.3. The van der Waals surface area contributed by atoms with Gasteiger partial charge in [0.05, 0.1) is 18.9 Å². The number of aromatic amines is 1. The van der Waals surface area contributed by atoms with Crippen LogP contribution in [0.3, 0.4) is 0 Å². The summed E-state index contributed by atoms with van der Waals surface area (Å²) >= 11 is 0. The number of aliphatic imine (C=N–C) groups is 2. The molecule has 0 aliphatic carbocycles. The Hall–Kier alpha value is -6.57. The van der Waals surface area contributed by atoms with E-state index in [1.165, 1.54) is 29.8 Å². The molecule has 2 rings (SSSR count). The van der Waals surface area contributed by atoms with Crippen molar-refractivity contribution in [2.75, 3.05) is 26.2 Å². The number of likely N-dealkylation sites (tertiary alicyclic amines) is 1. The van der Waals surface area contributed by atoms with Crippen molar-refractivity contribution >= 4 is 59.2 Å². The summed E-state index contributed by atoms with van der Waals surface area (Å²) in [7, 11) is 0. The summed E-state index contributed by atoms with van der Waals surface area (Å²) in [5.74, 6) is -5.97. The fraction of sp³-hybridized carbons (Fsp3) is 0.675. The van der Waals surface area contributed by atoms with Gasteiger partial charge < -0.3 is 70.5 Å². The maximum atomic E-state index is 14.3. The highest BCUT2D eigenvalue weighted by Gasteiger charge is 2.39. The van der Waals surface area contributed by atoms with Crippen LogP contribution < -0.4 is 66.0 Å². The summed E-state index contributed by atoms with van der Waals surface area (Å²) in [6.45, 7) is 6.91. The van der Waals surface area contributed by atoms with Crippen LogP contribution in [0.1, 0.15) is 97.6 Å². The number of carbonyl (C=O) groups excluding carboxylic acids is 8. The second kappa shape index (κ2) is 29.1. The standard InChI is InChI=1S/C40H71N17O9/c1-5-6-10-25(34(61)54-28(17-22(2)3)33(60)49-20-31(58)56-66)51-36(63)29(18-24-19-46-21-50-24)55-35(62)26(11-7-14-47-39(42)43)52-37(64)30-13-9-16-57(30)38(65)27(53-32(59)23(4)41)12-8-15-48-40(44)45/h19,21-23,25-30,66H,5-18,20,41H2,1-4H3,(H,46,50)(H,49,60)(H,51,63)(H,52,64)(H,53,59)(H,54,61)(H,55,62)(H,56,58)(H4,42,43,47)(H4,44,45,48)/t23-,25-,26-,27-,28-,29-,30-/m0/s1. The lowest BCUT2D eigenvalue weighted by Gasteiger charge is -2.30. The van der Waals surface area contributed by atoms with E-state index in [1.54, 1.807) is 0 Å². The van der Waals surface area contributed by atoms with Gasteiger partial charge in [-0.3, -0.25) is 53.5 Å². The Kier molecular flexibility index (Phi) is 24.5. The number of imidazole rings is 1. The third-order valence-electron chi connectivity index (χ3n) is 10.4. The molecule has 1 aliphatic heterocycles. The highest BCUT2D eigenvalue weighted by Crippen LogP contribution is 2.21. The molecule has 1 aromatic rings. The summed E-state index contributed by atoms with van der Waals surface area (Å²) < 4.78 is 0. The Bertz CT molecular complexity index is 1820. The summed E-state index contributed by atoms with van der Waals surface area (Å²) in [6, 6.07) is -7.91. The summed E-state index contributed by atoms with van der Waals surface area (Å²) in [5.41, 5.74) is 29.5. The number of unbranched alkanes of at least 4 members (excludes halogenated alkanes) is 1. The van der Waals surface area contributed by atoms with Gasteiger partial charge in [-0.1, -0.05) is 33.6 Å². The highest BCUT2D eigenvalue weighted by atomic mass is 16.5. The Morgan fingerprint density at radius 3 is 1.86 bits per heavy atom. The van der Waals surface area contributed by atoms with Gasteiger partial charge in [0.2, 0.25) is 41.4 Å². The van der Waals surface area contributed by atoms with Gasteiger partial charge in [0.25, 0.3) is 5.91 Å². The molecule has 370 valence electrons. The number of rotatable bonds is 29. The van der Waals surface area contributed by atoms with Gasteiger partial charge in [0, 0.05) is 37.9 Å². The number of aromatic nitrogens is 2. The number of carbonyl (C=O) groups is 8. The zero-order chi connectivity index (χ0) is 49.3. The van der Waals surface area contributed by atoms with E-state index >= 15 is 0 Å². The summed E-state index contributed by atoms with van der Waals surface area (Å²) in [6.07, 6.45) is 5.52. The molecule has 1 saturated heterocycles. The molecule has 2 heterocycles. The Morgan fingerprint density at radius 1 is 0.773 bits per heavy atom. The van der Waals surface area contributed by atoms with Gasteiger partial charge in [0.1, 0.15) is 36.3 Å². The molecule has 0 aromatic carbocycles. The van der Waals surface area contributed by atoms with Crippen LogP contribution in [0.2, 0.25) is 0 Å². The number of guanidine groups is 2. The van der Waals surface area contributed by atoms with Crippen LogP contribution in [0, 0.1) is 5.92 Å². The average Bonchev–Trinajstić information content (AvgIpc) is 3.98. The van der Waals surface area contributed by atoms with E-state index in [2.05, 4.69) is 51.9 Å². The second-order valence-corrected chi connectivity index (χ2v) is 16.5. The minimum atomic E-state index is -1.34. The number of hydroxylamine groups is 1. The van der Waals surface area contributed by atoms with E-state index in [4.69, 9.17) is 33.9 Å². The van der Waals surface area contributed by atoms with E-state index < -0.39 is 96.1 Å². The van der Waals surface area contributed by atoms with Crippen LogP contribution in [-0.2, 0) is 44.8 Å². The average molecular weight is 934 g/mol. The molecule has 26 nitrogen and oxygen atoms in total. The topological polar surface area (TPSA) is 428 Å². The van der Waals surface area contributed by atoms with Crippen LogP contribution in [0.5, 0.6) is 0 Å². The number of nitrogens with two attached hydrogens (primary N) is 5. The van der Waals surface area contributed by atoms with Crippen molar-refractivity contribution in [3.05, 3.63) is 18.2 Å². The molecule has 0 bridgehead atoms. The van der Waals surface area contributed by atoms with Gasteiger partial charge in [0.15, 0.2) is 11.9 Å². The number of hydrogen-bond acceptors (Lipinski definition) is 13. The fourth-order valence-electron chi connectivity index (χ4n) is 6.96. The first-order chi connectivity index (χ1) is 31.3. The van der Waals surface area contributed by atoms with Crippen molar-refractivity contribution in [3.8, 4) is 0 Å². The molecule has 0 spiro atoms. The number of nitrogens with zero attached hydrogens (tertiary/aromatic N) is 4. The zero-order valence-electron chi connectivity index (χ0n) is 38.3. The first kappa shape index (κ1) is 55.6. The van der Waals surface area contributed by atoms with Gasteiger partial charge in [-0.05, 0) is 64.2 Å². The third kappa shape index (κ3) is 20.1. The SMILES string of the molecule is CCCC[C@H](NC(=O)[C@H](Cc1cnc[nH]1)NC(=O)[C@H](CCCN=C(N)N)NC(=O)[C@@H]1CCCN1C(=O)[C@H](CCCN=C(N)N)NC(=O)[C@H](C)N)C(=O)N[C@@H](CC(C)C)C(=O)NCC(=O)NO. The Balaban J connectivity index is 2.41. The van der Waals surface area contributed by atoms with Gasteiger partial charge >= 0.3 is 0 Å². The minimum Gasteiger partial charge on any atom is -0.370 e. The number of H-pyrrole nitrogens is 1. The molecule has 1 aliphatic rings. The van der Waals surface area contributed by atoms with Crippen molar-refractivity contribution < 1.29 is 43.6 Å². The normalized spacial score (nSPS) is 16.0. The van der Waals surface area contributed by atoms with Crippen molar-refractivity contribution in [1.82, 2.24) is 52.2 Å². The molecule has 0 saturated carbocycles. The first-order valence-corrected chi connectivity index (χ1v) is 22.1. The molecular weight excluding hydrogens is 863 g/mol. The smallest absolute Gasteiger partial charge is 0.262 e. The first-order valence-electron chi connectivity index (χ1n) is 22.1. The lowest BCUT2D eigenvalue weighted by atomic mass is 10.0. The Labute approximate surface area is 383 Å². The molecule has 0 unspecified atom stereocenters. The largest absolute Gasteiger partial charge is 0.370 e. The molecule has 1 fully saturated rings. The highest BCUT2D eigenvalue weighted by molar-refractivity contribution is 5.97. The van der Waals surface area contributed by atoms with Crippen molar-refractivity contribution in [2.24, 2.45) is 44.6 Å². The molecule has 1 aromatic heterocycles. The van der Waals surface area contributed by atoms with Crippen molar-refractivity contribution in [2.45, 2.75) is 141 Å². The van der Waals surface area contributed by atoms with E-state index in [1.807, 2.05) is 20.8 Å². The Morgan fingerprint density at radius 2 is 1.32 bits per heavy atom. The van der Waals surface area contributed by atoms with E-state index in [0.29, 0.717) is 31.4 Å². The van der Waals surface area contributed by atoms with E-state index in [-0.39, 0.29) is 82.4 Å². The molecule has 26 heteroatoms. The third-order valence-corrected chi connectivity index (χ3v) is 10.4. The van der Waals surface area contributed by atoms with Gasteiger partial charge in [-0.2, -0.15) is 0 Å². The lowest BCUT2D eigenvalue weighted by Crippen LogP contribution is -2.60. The van der Waals surface area contributed by atoms with Crippen molar-refractivity contribution in [1.29, 1.82) is 0 Å². The van der Waals surface area contributed by atoms with Crippen LogP contribution in [0.15, 0.2) is 22.5 Å². The van der Waals surface area contributed by atoms with Crippen LogP contribution in [0.25, 0.3) is 0 Å².